The molecule has 1 saturated carbocycles. The molecule has 1 amide bonds. The summed E-state index contributed by atoms with van der Waals surface area (Å²) in [6.07, 6.45) is 8.04. The van der Waals surface area contributed by atoms with E-state index in [1.54, 1.807) is 7.11 Å². The van der Waals surface area contributed by atoms with E-state index in [0.717, 1.165) is 55.2 Å². The maximum atomic E-state index is 13.3. The molecule has 3 aromatic rings. The van der Waals surface area contributed by atoms with Gasteiger partial charge in [-0.3, -0.25) is 4.79 Å². The number of anilines is 1. The Labute approximate surface area is 207 Å². The average Bonchev–Trinajstić information content (AvgIpc) is 3.59. The number of carbonyl (C=O) groups excluding carboxylic acids is 1. The van der Waals surface area contributed by atoms with Gasteiger partial charge in [-0.15, -0.1) is 0 Å². The lowest BCUT2D eigenvalue weighted by atomic mass is 10.0. The molecule has 184 valence electrons. The van der Waals surface area contributed by atoms with Gasteiger partial charge in [0.25, 0.3) is 0 Å². The van der Waals surface area contributed by atoms with Crippen LogP contribution in [-0.2, 0) is 17.6 Å². The highest BCUT2D eigenvalue weighted by Gasteiger charge is 2.31. The van der Waals surface area contributed by atoms with Crippen molar-refractivity contribution in [1.82, 2.24) is 9.88 Å². The number of carbonyl (C=O) groups is 1. The van der Waals surface area contributed by atoms with Crippen molar-refractivity contribution < 1.29 is 14.3 Å². The monoisotopic (exact) mass is 473 g/mol. The SMILES string of the molecule is COc1ccc(N2CCN(C(=O)Cc3ccc[nH]3)C(Cc3ccccc3)C2)cc1OC1CCCC1. The van der Waals surface area contributed by atoms with Gasteiger partial charge in [0.1, 0.15) is 0 Å². The molecule has 0 radical (unpaired) electrons. The number of rotatable bonds is 8. The first-order valence-corrected chi connectivity index (χ1v) is 12.7. The van der Waals surface area contributed by atoms with Gasteiger partial charge in [0.05, 0.1) is 25.7 Å². The van der Waals surface area contributed by atoms with Crippen LogP contribution in [0.1, 0.15) is 36.9 Å². The highest BCUT2D eigenvalue weighted by molar-refractivity contribution is 5.79. The van der Waals surface area contributed by atoms with Gasteiger partial charge in [-0.2, -0.15) is 0 Å². The summed E-state index contributed by atoms with van der Waals surface area (Å²) in [6.45, 7) is 2.26. The lowest BCUT2D eigenvalue weighted by Crippen LogP contribution is -2.56. The fourth-order valence-electron chi connectivity index (χ4n) is 5.36. The van der Waals surface area contributed by atoms with E-state index >= 15 is 0 Å². The molecule has 1 unspecified atom stereocenters. The Morgan fingerprint density at radius 2 is 1.83 bits per heavy atom. The lowest BCUT2D eigenvalue weighted by Gasteiger charge is -2.43. The Balaban J connectivity index is 1.35. The van der Waals surface area contributed by atoms with Crippen molar-refractivity contribution in [3.8, 4) is 11.5 Å². The van der Waals surface area contributed by atoms with Crippen LogP contribution < -0.4 is 14.4 Å². The number of methoxy groups -OCH3 is 1. The summed E-state index contributed by atoms with van der Waals surface area (Å²) in [4.78, 5) is 20.9. The molecule has 1 N–H and O–H groups in total. The zero-order chi connectivity index (χ0) is 24.0. The van der Waals surface area contributed by atoms with E-state index in [2.05, 4.69) is 51.2 Å². The highest BCUT2D eigenvalue weighted by atomic mass is 16.5. The maximum Gasteiger partial charge on any atom is 0.228 e. The molecule has 2 heterocycles. The van der Waals surface area contributed by atoms with Crippen LogP contribution in [0.25, 0.3) is 0 Å². The number of H-pyrrole nitrogens is 1. The summed E-state index contributed by atoms with van der Waals surface area (Å²) < 4.78 is 11.9. The molecule has 1 aliphatic carbocycles. The van der Waals surface area contributed by atoms with Crippen molar-refractivity contribution in [3.63, 3.8) is 0 Å². The number of piperazine rings is 1. The Morgan fingerprint density at radius 3 is 2.57 bits per heavy atom. The fraction of sp³-hybridized carbons (Fsp3) is 0.414. The van der Waals surface area contributed by atoms with Crippen LogP contribution in [0.2, 0.25) is 0 Å². The summed E-state index contributed by atoms with van der Waals surface area (Å²) in [5.41, 5.74) is 3.32. The minimum Gasteiger partial charge on any atom is -0.493 e. The number of amides is 1. The van der Waals surface area contributed by atoms with Crippen LogP contribution in [0.3, 0.4) is 0 Å². The predicted molar refractivity (Wildman–Crippen MR) is 138 cm³/mol. The molecule has 6 heteroatoms. The fourth-order valence-corrected chi connectivity index (χ4v) is 5.36. The number of hydrogen-bond acceptors (Lipinski definition) is 4. The van der Waals surface area contributed by atoms with E-state index in [4.69, 9.17) is 9.47 Å². The highest BCUT2D eigenvalue weighted by Crippen LogP contribution is 2.36. The van der Waals surface area contributed by atoms with E-state index in [1.165, 1.54) is 18.4 Å². The molecule has 1 aromatic heterocycles. The molecule has 5 rings (SSSR count). The van der Waals surface area contributed by atoms with Gasteiger partial charge in [0, 0.05) is 43.3 Å². The summed E-state index contributed by atoms with van der Waals surface area (Å²) in [5, 5.41) is 0. The molecule has 0 bridgehead atoms. The van der Waals surface area contributed by atoms with Crippen LogP contribution in [0.15, 0.2) is 66.9 Å². The Hall–Kier alpha value is -3.41. The Bertz CT molecular complexity index is 1090. The van der Waals surface area contributed by atoms with E-state index in [-0.39, 0.29) is 18.1 Å². The zero-order valence-electron chi connectivity index (χ0n) is 20.5. The second-order valence-electron chi connectivity index (χ2n) is 9.61. The third-order valence-electron chi connectivity index (χ3n) is 7.23. The van der Waals surface area contributed by atoms with Crippen molar-refractivity contribution in [3.05, 3.63) is 78.1 Å². The van der Waals surface area contributed by atoms with Crippen molar-refractivity contribution in [2.24, 2.45) is 0 Å². The van der Waals surface area contributed by atoms with E-state index in [9.17, 15) is 4.79 Å². The Kier molecular flexibility index (Phi) is 7.26. The summed E-state index contributed by atoms with van der Waals surface area (Å²) in [5.74, 6) is 1.77. The molecule has 1 saturated heterocycles. The van der Waals surface area contributed by atoms with Gasteiger partial charge in [0.15, 0.2) is 11.5 Å². The number of nitrogens with zero attached hydrogens (tertiary/aromatic N) is 2. The Morgan fingerprint density at radius 1 is 1.00 bits per heavy atom. The number of benzene rings is 2. The summed E-state index contributed by atoms with van der Waals surface area (Å²) >= 11 is 0. The van der Waals surface area contributed by atoms with Crippen LogP contribution in [0.5, 0.6) is 11.5 Å². The molecule has 2 fully saturated rings. The quantitative estimate of drug-likeness (QED) is 0.508. The second kappa shape index (κ2) is 10.9. The smallest absolute Gasteiger partial charge is 0.228 e. The summed E-state index contributed by atoms with van der Waals surface area (Å²) in [6, 6.07) is 20.7. The molecule has 2 aliphatic rings. The molecular weight excluding hydrogens is 438 g/mol. The van der Waals surface area contributed by atoms with Gasteiger partial charge >= 0.3 is 0 Å². The van der Waals surface area contributed by atoms with Gasteiger partial charge in [-0.25, -0.2) is 0 Å². The number of hydrogen-bond donors (Lipinski definition) is 1. The van der Waals surface area contributed by atoms with Crippen molar-refractivity contribution in [2.45, 2.75) is 50.7 Å². The zero-order valence-corrected chi connectivity index (χ0v) is 20.5. The second-order valence-corrected chi connectivity index (χ2v) is 9.61. The number of ether oxygens (including phenoxy) is 2. The van der Waals surface area contributed by atoms with Crippen LogP contribution >= 0.6 is 0 Å². The van der Waals surface area contributed by atoms with Crippen molar-refractivity contribution in [1.29, 1.82) is 0 Å². The van der Waals surface area contributed by atoms with Crippen LogP contribution in [0.4, 0.5) is 5.69 Å². The normalized spacial score (nSPS) is 18.6. The average molecular weight is 474 g/mol. The molecule has 35 heavy (non-hydrogen) atoms. The minimum atomic E-state index is 0.0925. The van der Waals surface area contributed by atoms with Gasteiger partial charge in [-0.05, 0) is 61.9 Å². The number of aromatic amines is 1. The molecule has 1 atom stereocenters. The third-order valence-corrected chi connectivity index (χ3v) is 7.23. The van der Waals surface area contributed by atoms with E-state index in [0.29, 0.717) is 13.0 Å². The van der Waals surface area contributed by atoms with E-state index in [1.807, 2.05) is 30.5 Å². The van der Waals surface area contributed by atoms with Crippen LogP contribution in [-0.4, -0.2) is 54.7 Å². The van der Waals surface area contributed by atoms with Gasteiger partial charge < -0.3 is 24.3 Å². The van der Waals surface area contributed by atoms with E-state index < -0.39 is 0 Å². The van der Waals surface area contributed by atoms with Gasteiger partial charge in [0.2, 0.25) is 5.91 Å². The summed E-state index contributed by atoms with van der Waals surface area (Å²) in [7, 11) is 1.70. The van der Waals surface area contributed by atoms with Crippen molar-refractivity contribution >= 4 is 11.6 Å². The van der Waals surface area contributed by atoms with Gasteiger partial charge in [-0.1, -0.05) is 30.3 Å². The molecular formula is C29H35N3O3. The third kappa shape index (κ3) is 5.64. The number of nitrogens with one attached hydrogen (secondary N) is 1. The topological polar surface area (TPSA) is 57.8 Å². The molecule has 6 nitrogen and oxygen atoms in total. The first-order valence-electron chi connectivity index (χ1n) is 12.7. The standard InChI is InChI=1S/C29H35N3O3/c1-34-27-14-13-24(20-28(27)35-26-11-5-6-12-26)31-16-17-32(29(33)19-23-10-7-15-30-23)25(21-31)18-22-8-3-2-4-9-22/h2-4,7-10,13-15,20,25-26,30H,5-6,11-12,16-19,21H2,1H3. The minimum absolute atomic E-state index is 0.0925. The van der Waals surface area contributed by atoms with Crippen LogP contribution in [0, 0.1) is 0 Å². The first kappa shape index (κ1) is 23.3. The molecule has 0 spiro atoms. The predicted octanol–water partition coefficient (Wildman–Crippen LogP) is 4.85. The lowest BCUT2D eigenvalue weighted by molar-refractivity contribution is -0.133. The molecule has 2 aromatic carbocycles. The number of aromatic nitrogens is 1. The van der Waals surface area contributed by atoms with Crippen molar-refractivity contribution in [2.75, 3.05) is 31.6 Å². The molecule has 1 aliphatic heterocycles. The first-order chi connectivity index (χ1) is 17.2. The maximum absolute atomic E-state index is 13.3. The largest absolute Gasteiger partial charge is 0.493 e.